The summed E-state index contributed by atoms with van der Waals surface area (Å²) in [5.74, 6) is -1.67. The van der Waals surface area contributed by atoms with Crippen molar-refractivity contribution in [2.45, 2.75) is 76.9 Å². The van der Waals surface area contributed by atoms with Crippen LogP contribution in [0.3, 0.4) is 0 Å². The SMILES string of the molecule is COc1ccc(C[C@H]2NC(=O)/C=C/C[C@@H](C(C)[C@H]3O[C@H]3c3ccccc3)OC(=O)[C@H](CC(C)C)OC(=O)CCNC2=O)cc1. The third-order valence-electron chi connectivity index (χ3n) is 7.75. The number of hydrogen-bond donors (Lipinski definition) is 2. The van der Waals surface area contributed by atoms with Gasteiger partial charge in [-0.2, -0.15) is 0 Å². The molecule has 6 atom stereocenters. The largest absolute Gasteiger partial charge is 0.497 e. The molecular formula is C34H42N2O8. The van der Waals surface area contributed by atoms with Crippen LogP contribution in [0.1, 0.15) is 57.3 Å². The minimum Gasteiger partial charge on any atom is -0.497 e. The van der Waals surface area contributed by atoms with Gasteiger partial charge >= 0.3 is 11.9 Å². The highest BCUT2D eigenvalue weighted by Crippen LogP contribution is 2.45. The van der Waals surface area contributed by atoms with Crippen molar-refractivity contribution < 1.29 is 38.1 Å². The second-order valence-corrected chi connectivity index (χ2v) is 11.7. The Kier molecular flexibility index (Phi) is 11.5. The Balaban J connectivity index is 1.54. The van der Waals surface area contributed by atoms with Gasteiger partial charge in [0.05, 0.1) is 19.6 Å². The van der Waals surface area contributed by atoms with Crippen molar-refractivity contribution in [2.24, 2.45) is 11.8 Å². The standard InChI is InChI=1S/C34H42N2O8/c1-21(2)19-28-34(40)43-27(22(3)31-32(44-31)24-9-6-5-7-10-24)11-8-12-29(37)36-26(33(39)35-18-17-30(38)42-28)20-23-13-15-25(41-4)16-14-23/h5-10,12-16,21-22,26-28,31-32H,11,17-20H2,1-4H3,(H,35,39)(H,36,37)/b12-8+/t22?,26-,27+,28+,31-,32+/m1/s1. The summed E-state index contributed by atoms with van der Waals surface area (Å²) in [5, 5.41) is 5.47. The number of cyclic esters (lactones) is 2. The van der Waals surface area contributed by atoms with E-state index >= 15 is 0 Å². The first-order chi connectivity index (χ1) is 21.1. The summed E-state index contributed by atoms with van der Waals surface area (Å²) in [6.45, 7) is 5.77. The third-order valence-corrected chi connectivity index (χ3v) is 7.75. The topological polar surface area (TPSA) is 133 Å². The Morgan fingerprint density at radius 2 is 1.68 bits per heavy atom. The van der Waals surface area contributed by atoms with Crippen molar-refractivity contribution >= 4 is 23.8 Å². The van der Waals surface area contributed by atoms with Gasteiger partial charge in [0.2, 0.25) is 11.8 Å². The lowest BCUT2D eigenvalue weighted by Crippen LogP contribution is -2.48. The Morgan fingerprint density at radius 1 is 0.955 bits per heavy atom. The fraction of sp³-hybridized carbons (Fsp3) is 0.471. The lowest BCUT2D eigenvalue weighted by atomic mass is 9.93. The summed E-state index contributed by atoms with van der Waals surface area (Å²) in [6.07, 6.45) is 1.50. The second kappa shape index (κ2) is 15.5. The summed E-state index contributed by atoms with van der Waals surface area (Å²) in [7, 11) is 1.57. The number of benzene rings is 2. The number of carbonyl (C=O) groups is 4. The summed E-state index contributed by atoms with van der Waals surface area (Å²) >= 11 is 0. The van der Waals surface area contributed by atoms with E-state index in [9.17, 15) is 19.2 Å². The number of epoxide rings is 1. The normalized spacial score (nSPS) is 26.5. The predicted octanol–water partition coefficient (Wildman–Crippen LogP) is 3.83. The maximum Gasteiger partial charge on any atom is 0.347 e. The van der Waals surface area contributed by atoms with E-state index in [2.05, 4.69) is 10.6 Å². The van der Waals surface area contributed by atoms with Crippen LogP contribution in [0, 0.1) is 11.8 Å². The molecule has 0 bridgehead atoms. The Bertz CT molecular complexity index is 1310. The molecule has 0 spiro atoms. The maximum absolute atomic E-state index is 13.3. The molecule has 236 valence electrons. The van der Waals surface area contributed by atoms with Gasteiger partial charge in [0, 0.05) is 25.3 Å². The van der Waals surface area contributed by atoms with Crippen LogP contribution in [-0.2, 0) is 39.8 Å². The zero-order valence-electron chi connectivity index (χ0n) is 25.7. The molecule has 4 rings (SSSR count). The number of amides is 2. The quantitative estimate of drug-likeness (QED) is 0.342. The number of esters is 2. The van der Waals surface area contributed by atoms with Crippen LogP contribution in [0.5, 0.6) is 5.75 Å². The molecule has 2 aromatic carbocycles. The average Bonchev–Trinajstić information content (AvgIpc) is 3.81. The van der Waals surface area contributed by atoms with Gasteiger partial charge in [-0.3, -0.25) is 14.4 Å². The molecule has 2 heterocycles. The highest BCUT2D eigenvalue weighted by atomic mass is 16.6. The summed E-state index contributed by atoms with van der Waals surface area (Å²) < 4.78 is 22.7. The third kappa shape index (κ3) is 9.41. The van der Waals surface area contributed by atoms with Gasteiger partial charge in [-0.1, -0.05) is 69.3 Å². The smallest absolute Gasteiger partial charge is 0.347 e. The van der Waals surface area contributed by atoms with Crippen LogP contribution >= 0.6 is 0 Å². The molecule has 1 unspecified atom stereocenters. The number of ether oxygens (including phenoxy) is 4. The van der Waals surface area contributed by atoms with Gasteiger partial charge in [-0.15, -0.1) is 0 Å². The van der Waals surface area contributed by atoms with Crippen molar-refractivity contribution in [1.82, 2.24) is 10.6 Å². The summed E-state index contributed by atoms with van der Waals surface area (Å²) in [4.78, 5) is 52.2. The van der Waals surface area contributed by atoms with E-state index in [1.54, 1.807) is 25.3 Å². The minimum absolute atomic E-state index is 0.0223. The van der Waals surface area contributed by atoms with Crippen molar-refractivity contribution in [3.63, 3.8) is 0 Å². The minimum atomic E-state index is -1.10. The molecule has 10 heteroatoms. The molecule has 2 aliphatic rings. The lowest BCUT2D eigenvalue weighted by molar-refractivity contribution is -0.174. The van der Waals surface area contributed by atoms with E-state index in [0.717, 1.165) is 11.1 Å². The van der Waals surface area contributed by atoms with E-state index < -0.39 is 42.0 Å². The highest BCUT2D eigenvalue weighted by Gasteiger charge is 2.47. The molecule has 0 aromatic heterocycles. The van der Waals surface area contributed by atoms with Gasteiger partial charge in [-0.25, -0.2) is 4.79 Å². The highest BCUT2D eigenvalue weighted by molar-refractivity contribution is 5.93. The van der Waals surface area contributed by atoms with Crippen molar-refractivity contribution in [1.29, 1.82) is 0 Å². The van der Waals surface area contributed by atoms with Gasteiger partial charge < -0.3 is 29.6 Å². The molecule has 2 amide bonds. The first-order valence-corrected chi connectivity index (χ1v) is 15.1. The Morgan fingerprint density at radius 3 is 2.36 bits per heavy atom. The van der Waals surface area contributed by atoms with E-state index in [1.807, 2.05) is 63.2 Å². The molecule has 2 N–H and O–H groups in total. The number of nitrogens with one attached hydrogen (secondary N) is 2. The number of rotatable bonds is 8. The van der Waals surface area contributed by atoms with Gasteiger partial charge in [0.25, 0.3) is 0 Å². The monoisotopic (exact) mass is 606 g/mol. The molecule has 0 aliphatic carbocycles. The van der Waals surface area contributed by atoms with E-state index in [4.69, 9.17) is 18.9 Å². The van der Waals surface area contributed by atoms with Gasteiger partial charge in [0.15, 0.2) is 6.10 Å². The average molecular weight is 607 g/mol. The number of carbonyl (C=O) groups excluding carboxylic acids is 4. The zero-order valence-corrected chi connectivity index (χ0v) is 25.7. The molecule has 2 aromatic rings. The Hall–Kier alpha value is -4.18. The number of hydrogen-bond acceptors (Lipinski definition) is 8. The first-order valence-electron chi connectivity index (χ1n) is 15.1. The van der Waals surface area contributed by atoms with Crippen LogP contribution < -0.4 is 15.4 Å². The van der Waals surface area contributed by atoms with Gasteiger partial charge in [-0.05, 0) is 41.7 Å². The van der Waals surface area contributed by atoms with Crippen molar-refractivity contribution in [3.05, 3.63) is 77.9 Å². The molecule has 1 fully saturated rings. The lowest BCUT2D eigenvalue weighted by Gasteiger charge is -2.26. The first kappa shape index (κ1) is 32.7. The molecule has 0 radical (unpaired) electrons. The van der Waals surface area contributed by atoms with Gasteiger partial charge in [0.1, 0.15) is 24.0 Å². The van der Waals surface area contributed by atoms with Crippen molar-refractivity contribution in [3.8, 4) is 5.75 Å². The molecule has 10 nitrogen and oxygen atoms in total. The van der Waals surface area contributed by atoms with E-state index in [-0.39, 0.29) is 56.3 Å². The van der Waals surface area contributed by atoms with Crippen LogP contribution in [0.2, 0.25) is 0 Å². The van der Waals surface area contributed by atoms with Crippen molar-refractivity contribution in [2.75, 3.05) is 13.7 Å². The van der Waals surface area contributed by atoms with Crippen LogP contribution in [0.15, 0.2) is 66.7 Å². The summed E-state index contributed by atoms with van der Waals surface area (Å²) in [6, 6.07) is 16.1. The number of methoxy groups -OCH3 is 1. The van der Waals surface area contributed by atoms with Crippen LogP contribution in [0.4, 0.5) is 0 Å². The fourth-order valence-electron chi connectivity index (χ4n) is 5.23. The Labute approximate surface area is 258 Å². The predicted molar refractivity (Wildman–Crippen MR) is 162 cm³/mol. The molecular weight excluding hydrogens is 564 g/mol. The second-order valence-electron chi connectivity index (χ2n) is 11.7. The van der Waals surface area contributed by atoms with E-state index in [1.165, 1.54) is 6.08 Å². The van der Waals surface area contributed by atoms with Crippen LogP contribution in [-0.4, -0.2) is 61.8 Å². The summed E-state index contributed by atoms with van der Waals surface area (Å²) in [5.41, 5.74) is 1.85. The van der Waals surface area contributed by atoms with E-state index in [0.29, 0.717) is 5.75 Å². The van der Waals surface area contributed by atoms with Crippen LogP contribution in [0.25, 0.3) is 0 Å². The molecule has 44 heavy (non-hydrogen) atoms. The molecule has 2 aliphatic heterocycles. The molecule has 0 saturated carbocycles. The maximum atomic E-state index is 13.3. The zero-order chi connectivity index (χ0) is 31.6. The molecule has 1 saturated heterocycles. The fourth-order valence-corrected chi connectivity index (χ4v) is 5.23.